The van der Waals surface area contributed by atoms with E-state index in [2.05, 4.69) is 0 Å². The summed E-state index contributed by atoms with van der Waals surface area (Å²) in [5.41, 5.74) is 1.91. The van der Waals surface area contributed by atoms with Gasteiger partial charge < -0.3 is 9.84 Å². The highest BCUT2D eigenvalue weighted by Gasteiger charge is 2.57. The summed E-state index contributed by atoms with van der Waals surface area (Å²) >= 11 is 5.55. The zero-order valence-corrected chi connectivity index (χ0v) is 12.0. The molecule has 1 aromatic carbocycles. The first-order valence-electron chi connectivity index (χ1n) is 6.60. The van der Waals surface area contributed by atoms with Gasteiger partial charge in [-0.2, -0.15) is 13.2 Å². The molecule has 0 saturated heterocycles. The Morgan fingerprint density at radius 1 is 1.27 bits per heavy atom. The monoisotopic (exact) mass is 328 g/mol. The van der Waals surface area contributed by atoms with Crippen LogP contribution in [-0.2, 0) is 0 Å². The fourth-order valence-electron chi connectivity index (χ4n) is 2.48. The minimum absolute atomic E-state index is 0.394. The second kappa shape index (κ2) is 5.18. The summed E-state index contributed by atoms with van der Waals surface area (Å²) in [5, 5.41) is 9.87. The molecular weight excluding hydrogens is 317 g/mol. The third-order valence-electron chi connectivity index (χ3n) is 3.69. The number of allylic oxidation sites excluding steroid dienone is 2. The molecule has 0 radical (unpaired) electrons. The van der Waals surface area contributed by atoms with E-state index in [1.807, 2.05) is 18.2 Å². The summed E-state index contributed by atoms with van der Waals surface area (Å²) in [7, 11) is 0. The van der Waals surface area contributed by atoms with Gasteiger partial charge in [0.1, 0.15) is 18.5 Å². The van der Waals surface area contributed by atoms with Crippen molar-refractivity contribution in [1.29, 1.82) is 0 Å². The van der Waals surface area contributed by atoms with Crippen LogP contribution in [0.2, 0.25) is 0 Å². The molecular formula is C16H12ClF3O2. The number of ether oxygens (including phenoxy) is 1. The van der Waals surface area contributed by atoms with E-state index in [4.69, 9.17) is 16.3 Å². The molecule has 0 aromatic heterocycles. The van der Waals surface area contributed by atoms with Crippen molar-refractivity contribution in [3.05, 3.63) is 53.6 Å². The molecule has 2 atom stereocenters. The second-order valence-electron chi connectivity index (χ2n) is 5.10. The third kappa shape index (κ3) is 2.34. The van der Waals surface area contributed by atoms with Gasteiger partial charge in [-0.05, 0) is 17.7 Å². The fourth-order valence-corrected chi connectivity index (χ4v) is 2.61. The van der Waals surface area contributed by atoms with E-state index in [0.29, 0.717) is 23.5 Å². The number of para-hydroxylation sites is 1. The molecule has 116 valence electrons. The molecule has 1 N–H and O–H groups in total. The van der Waals surface area contributed by atoms with E-state index in [-0.39, 0.29) is 0 Å². The van der Waals surface area contributed by atoms with Crippen molar-refractivity contribution >= 4 is 23.3 Å². The van der Waals surface area contributed by atoms with Crippen molar-refractivity contribution in [2.75, 3.05) is 6.61 Å². The lowest BCUT2D eigenvalue weighted by Gasteiger charge is -2.32. The van der Waals surface area contributed by atoms with Gasteiger partial charge >= 0.3 is 6.18 Å². The number of alkyl halides is 4. The molecule has 6 heteroatoms. The zero-order valence-electron chi connectivity index (χ0n) is 11.3. The molecule has 1 aliphatic carbocycles. The summed E-state index contributed by atoms with van der Waals surface area (Å²) < 4.78 is 44.5. The lowest BCUT2D eigenvalue weighted by atomic mass is 9.88. The highest BCUT2D eigenvalue weighted by Crippen LogP contribution is 2.45. The predicted octanol–water partition coefficient (Wildman–Crippen LogP) is 3.95. The minimum Gasteiger partial charge on any atom is -0.488 e. The van der Waals surface area contributed by atoms with Gasteiger partial charge in [0.05, 0.1) is 0 Å². The average Bonchev–Trinajstić information content (AvgIpc) is 2.48. The summed E-state index contributed by atoms with van der Waals surface area (Å²) in [6.07, 6.45) is 0.271. The number of aliphatic hydroxyl groups is 1. The van der Waals surface area contributed by atoms with Gasteiger partial charge in [0.2, 0.25) is 0 Å². The molecule has 0 saturated carbocycles. The van der Waals surface area contributed by atoms with E-state index < -0.39 is 17.2 Å². The fraction of sp³-hybridized carbons (Fsp3) is 0.250. The van der Waals surface area contributed by atoms with Crippen LogP contribution in [0.15, 0.2) is 42.5 Å². The molecule has 3 rings (SSSR count). The van der Waals surface area contributed by atoms with Crippen molar-refractivity contribution in [3.63, 3.8) is 0 Å². The van der Waals surface area contributed by atoms with Crippen LogP contribution in [0.3, 0.4) is 0 Å². The Labute approximate surface area is 130 Å². The number of halogens is 4. The average molecular weight is 329 g/mol. The molecule has 0 fully saturated rings. The Balaban J connectivity index is 2.01. The van der Waals surface area contributed by atoms with Crippen LogP contribution in [0.5, 0.6) is 5.75 Å². The van der Waals surface area contributed by atoms with Crippen molar-refractivity contribution in [1.82, 2.24) is 0 Å². The first-order valence-corrected chi connectivity index (χ1v) is 6.98. The number of benzene rings is 1. The summed E-state index contributed by atoms with van der Waals surface area (Å²) in [5.74, 6) is 0.585. The molecule has 2 unspecified atom stereocenters. The Bertz CT molecular complexity index is 691. The van der Waals surface area contributed by atoms with Crippen LogP contribution >= 0.6 is 11.6 Å². The number of hydrogen-bond donors (Lipinski definition) is 1. The van der Waals surface area contributed by atoms with Crippen LogP contribution in [-0.4, -0.2) is 28.9 Å². The van der Waals surface area contributed by atoms with E-state index in [1.54, 1.807) is 12.1 Å². The maximum absolute atomic E-state index is 13.0. The molecule has 0 spiro atoms. The number of aliphatic hydroxyl groups excluding tert-OH is 1. The first-order chi connectivity index (χ1) is 10.3. The van der Waals surface area contributed by atoms with Gasteiger partial charge in [-0.3, -0.25) is 0 Å². The smallest absolute Gasteiger partial charge is 0.413 e. The van der Waals surface area contributed by atoms with Crippen LogP contribution in [0, 0.1) is 0 Å². The lowest BCUT2D eigenvalue weighted by Crippen LogP contribution is -2.48. The quantitative estimate of drug-likeness (QED) is 0.791. The molecule has 22 heavy (non-hydrogen) atoms. The van der Waals surface area contributed by atoms with Gasteiger partial charge in [-0.1, -0.05) is 36.4 Å². The number of hydrogen-bond acceptors (Lipinski definition) is 2. The van der Waals surface area contributed by atoms with Crippen molar-refractivity contribution in [2.24, 2.45) is 0 Å². The SMILES string of the molecule is OC1C=C(c2cccc3c2OCC=C3)C=CC1(Cl)C(F)(F)F. The van der Waals surface area contributed by atoms with E-state index in [0.717, 1.165) is 17.7 Å². The van der Waals surface area contributed by atoms with Crippen LogP contribution in [0.4, 0.5) is 13.2 Å². The lowest BCUT2D eigenvalue weighted by molar-refractivity contribution is -0.166. The van der Waals surface area contributed by atoms with Gasteiger partial charge in [0, 0.05) is 11.1 Å². The number of rotatable bonds is 1. The highest BCUT2D eigenvalue weighted by molar-refractivity contribution is 6.27. The zero-order chi connectivity index (χ0) is 16.0. The molecule has 0 bridgehead atoms. The number of fused-ring (bicyclic) bond motifs is 1. The van der Waals surface area contributed by atoms with Gasteiger partial charge in [0.25, 0.3) is 0 Å². The Hall–Kier alpha value is -1.72. The van der Waals surface area contributed by atoms with Crippen LogP contribution < -0.4 is 4.74 Å². The van der Waals surface area contributed by atoms with Gasteiger partial charge in [-0.15, -0.1) is 11.6 Å². The summed E-state index contributed by atoms with van der Waals surface area (Å²) in [6, 6.07) is 5.36. The molecule has 1 aliphatic heterocycles. The molecule has 1 heterocycles. The standard InChI is InChI=1S/C16H12ClF3O2/c17-15(16(18,19)20)7-6-11(9-13(15)21)12-5-1-3-10-4-2-8-22-14(10)12/h1-7,9,13,21H,8H2. The topological polar surface area (TPSA) is 29.5 Å². The third-order valence-corrected chi connectivity index (χ3v) is 4.25. The largest absolute Gasteiger partial charge is 0.488 e. The van der Waals surface area contributed by atoms with E-state index in [9.17, 15) is 18.3 Å². The van der Waals surface area contributed by atoms with Crippen LogP contribution in [0.1, 0.15) is 11.1 Å². The highest BCUT2D eigenvalue weighted by atomic mass is 35.5. The Kier molecular flexibility index (Phi) is 3.57. The Morgan fingerprint density at radius 2 is 2.05 bits per heavy atom. The molecule has 0 amide bonds. The second-order valence-corrected chi connectivity index (χ2v) is 5.73. The van der Waals surface area contributed by atoms with Gasteiger partial charge in [-0.25, -0.2) is 0 Å². The van der Waals surface area contributed by atoms with Gasteiger partial charge in [0.15, 0.2) is 4.87 Å². The summed E-state index contributed by atoms with van der Waals surface area (Å²) in [6.45, 7) is 0.394. The van der Waals surface area contributed by atoms with E-state index in [1.165, 1.54) is 6.08 Å². The normalized spacial score (nSPS) is 27.1. The Morgan fingerprint density at radius 3 is 2.73 bits per heavy atom. The molecule has 2 aliphatic rings. The molecule has 1 aromatic rings. The maximum Gasteiger partial charge on any atom is 0.413 e. The summed E-state index contributed by atoms with van der Waals surface area (Å²) in [4.78, 5) is -2.80. The first kappa shape index (κ1) is 15.2. The van der Waals surface area contributed by atoms with Crippen LogP contribution in [0.25, 0.3) is 11.6 Å². The maximum atomic E-state index is 13.0. The van der Waals surface area contributed by atoms with Crippen molar-refractivity contribution in [2.45, 2.75) is 17.2 Å². The molecule has 2 nitrogen and oxygen atoms in total. The van der Waals surface area contributed by atoms with Crippen molar-refractivity contribution in [3.8, 4) is 5.75 Å². The van der Waals surface area contributed by atoms with E-state index >= 15 is 0 Å². The predicted molar refractivity (Wildman–Crippen MR) is 78.7 cm³/mol. The van der Waals surface area contributed by atoms with Crippen molar-refractivity contribution < 1.29 is 23.0 Å². The minimum atomic E-state index is -4.75.